The summed E-state index contributed by atoms with van der Waals surface area (Å²) >= 11 is 0. The average molecular weight is 349 g/mol. The minimum absolute atomic E-state index is 0.140. The molecule has 132 valence electrons. The van der Waals surface area contributed by atoms with Gasteiger partial charge in [0.25, 0.3) is 0 Å². The van der Waals surface area contributed by atoms with E-state index in [2.05, 4.69) is 20.6 Å². The molecule has 3 aromatic rings. The maximum Gasteiger partial charge on any atom is 0.353 e. The number of nitrogens with one attached hydrogen (secondary N) is 2. The molecular formula is C19H19N5O2. The summed E-state index contributed by atoms with van der Waals surface area (Å²) in [6.45, 7) is 5.92. The van der Waals surface area contributed by atoms with Crippen LogP contribution in [-0.2, 0) is 0 Å². The topological polar surface area (TPSA) is 93.0 Å². The van der Waals surface area contributed by atoms with Gasteiger partial charge in [0, 0.05) is 11.4 Å². The number of benzene rings is 2. The zero-order valence-corrected chi connectivity index (χ0v) is 14.8. The van der Waals surface area contributed by atoms with E-state index in [-0.39, 0.29) is 17.3 Å². The summed E-state index contributed by atoms with van der Waals surface area (Å²) in [6, 6.07) is 13.3. The Balaban J connectivity index is 1.99. The highest BCUT2D eigenvalue weighted by Gasteiger charge is 2.23. The van der Waals surface area contributed by atoms with E-state index in [1.54, 1.807) is 0 Å². The van der Waals surface area contributed by atoms with Crippen LogP contribution in [0.1, 0.15) is 16.7 Å². The number of hydrogen-bond donors (Lipinski definition) is 2. The summed E-state index contributed by atoms with van der Waals surface area (Å²) in [5, 5.41) is 17.7. The maximum absolute atomic E-state index is 11.7. The number of hydrogen-bond acceptors (Lipinski definition) is 6. The molecule has 0 aliphatic heterocycles. The third-order valence-electron chi connectivity index (χ3n) is 4.18. The van der Waals surface area contributed by atoms with Gasteiger partial charge in [0.05, 0.1) is 4.92 Å². The molecule has 0 saturated heterocycles. The first kappa shape index (κ1) is 17.3. The quantitative estimate of drug-likeness (QED) is 0.508. The van der Waals surface area contributed by atoms with Crippen LogP contribution >= 0.6 is 0 Å². The third kappa shape index (κ3) is 3.61. The van der Waals surface area contributed by atoms with Crippen LogP contribution in [0.4, 0.5) is 28.7 Å². The van der Waals surface area contributed by atoms with E-state index in [4.69, 9.17) is 0 Å². The molecular weight excluding hydrogens is 330 g/mol. The smallest absolute Gasteiger partial charge is 0.334 e. The molecule has 0 bridgehead atoms. The van der Waals surface area contributed by atoms with Crippen molar-refractivity contribution in [3.05, 3.63) is 75.6 Å². The predicted molar refractivity (Wildman–Crippen MR) is 102 cm³/mol. The summed E-state index contributed by atoms with van der Waals surface area (Å²) in [6.07, 6.45) is 1.30. The second-order valence-corrected chi connectivity index (χ2v) is 6.04. The number of aromatic nitrogens is 2. The van der Waals surface area contributed by atoms with Gasteiger partial charge < -0.3 is 10.6 Å². The first-order valence-electron chi connectivity index (χ1n) is 8.12. The lowest BCUT2D eigenvalue weighted by atomic mass is 10.1. The molecule has 0 radical (unpaired) electrons. The fraction of sp³-hybridized carbons (Fsp3) is 0.158. The predicted octanol–water partition coefficient (Wildman–Crippen LogP) is 4.80. The molecule has 0 aliphatic carbocycles. The highest BCUT2D eigenvalue weighted by molar-refractivity contribution is 5.77. The van der Waals surface area contributed by atoms with Gasteiger partial charge >= 0.3 is 5.69 Å². The second kappa shape index (κ2) is 7.18. The standard InChI is InChI=1S/C19H19N5O2/c1-12-7-9-15(10-8-12)22-18-17(24(25)26)19(21-11-20-18)23-16-6-4-5-13(2)14(16)3/h4-11H,1-3H3,(H2,20,21,22,23). The van der Waals surface area contributed by atoms with E-state index in [1.807, 2.05) is 63.2 Å². The van der Waals surface area contributed by atoms with Crippen molar-refractivity contribution in [2.75, 3.05) is 10.6 Å². The molecule has 0 amide bonds. The van der Waals surface area contributed by atoms with Crippen molar-refractivity contribution in [2.45, 2.75) is 20.8 Å². The van der Waals surface area contributed by atoms with Crippen molar-refractivity contribution in [3.8, 4) is 0 Å². The monoisotopic (exact) mass is 349 g/mol. The molecule has 1 heterocycles. The Hall–Kier alpha value is -3.48. The van der Waals surface area contributed by atoms with Gasteiger partial charge in [0.15, 0.2) is 0 Å². The molecule has 0 aliphatic rings. The van der Waals surface area contributed by atoms with Crippen molar-refractivity contribution < 1.29 is 4.92 Å². The Labute approximate surface area is 151 Å². The van der Waals surface area contributed by atoms with Crippen molar-refractivity contribution in [2.24, 2.45) is 0 Å². The average Bonchev–Trinajstić information content (AvgIpc) is 2.61. The third-order valence-corrected chi connectivity index (χ3v) is 4.18. The Morgan fingerprint density at radius 2 is 1.58 bits per heavy atom. The lowest BCUT2D eigenvalue weighted by molar-refractivity contribution is -0.383. The molecule has 0 saturated carbocycles. The lowest BCUT2D eigenvalue weighted by Crippen LogP contribution is -2.06. The van der Waals surface area contributed by atoms with Crippen LogP contribution in [0, 0.1) is 30.9 Å². The highest BCUT2D eigenvalue weighted by atomic mass is 16.6. The van der Waals surface area contributed by atoms with E-state index in [1.165, 1.54) is 6.33 Å². The van der Waals surface area contributed by atoms with Crippen molar-refractivity contribution in [3.63, 3.8) is 0 Å². The summed E-state index contributed by atoms with van der Waals surface area (Å²) in [4.78, 5) is 19.3. The van der Waals surface area contributed by atoms with Gasteiger partial charge in [-0.15, -0.1) is 0 Å². The number of rotatable bonds is 5. The minimum atomic E-state index is -0.482. The van der Waals surface area contributed by atoms with Gasteiger partial charge in [-0.1, -0.05) is 29.8 Å². The van der Waals surface area contributed by atoms with Crippen LogP contribution in [0.15, 0.2) is 48.8 Å². The van der Waals surface area contributed by atoms with Gasteiger partial charge in [-0.05, 0) is 50.1 Å². The van der Waals surface area contributed by atoms with E-state index in [0.29, 0.717) is 0 Å². The van der Waals surface area contributed by atoms with E-state index < -0.39 is 4.92 Å². The molecule has 0 spiro atoms. The van der Waals surface area contributed by atoms with Gasteiger partial charge in [0.1, 0.15) is 6.33 Å². The normalized spacial score (nSPS) is 10.4. The zero-order valence-electron chi connectivity index (χ0n) is 14.8. The molecule has 1 aromatic heterocycles. The maximum atomic E-state index is 11.7. The van der Waals surface area contributed by atoms with Crippen LogP contribution in [0.2, 0.25) is 0 Å². The Bertz CT molecular complexity index is 955. The Morgan fingerprint density at radius 3 is 2.23 bits per heavy atom. The fourth-order valence-electron chi connectivity index (χ4n) is 2.52. The van der Waals surface area contributed by atoms with Crippen molar-refractivity contribution in [1.82, 2.24) is 9.97 Å². The van der Waals surface area contributed by atoms with Crippen molar-refractivity contribution >= 4 is 28.7 Å². The molecule has 2 N–H and O–H groups in total. The molecule has 2 aromatic carbocycles. The number of nitrogens with zero attached hydrogens (tertiary/aromatic N) is 3. The number of nitro groups is 1. The van der Waals surface area contributed by atoms with Gasteiger partial charge in [-0.3, -0.25) is 10.1 Å². The Kier molecular flexibility index (Phi) is 4.79. The van der Waals surface area contributed by atoms with Crippen LogP contribution in [0.25, 0.3) is 0 Å². The van der Waals surface area contributed by atoms with Crippen LogP contribution < -0.4 is 10.6 Å². The fourth-order valence-corrected chi connectivity index (χ4v) is 2.52. The van der Waals surface area contributed by atoms with Crippen LogP contribution in [-0.4, -0.2) is 14.9 Å². The molecule has 0 atom stereocenters. The molecule has 0 unspecified atom stereocenters. The zero-order chi connectivity index (χ0) is 18.7. The largest absolute Gasteiger partial charge is 0.353 e. The van der Waals surface area contributed by atoms with E-state index in [0.717, 1.165) is 28.1 Å². The van der Waals surface area contributed by atoms with Crippen LogP contribution in [0.3, 0.4) is 0 Å². The summed E-state index contributed by atoms with van der Waals surface area (Å²) in [5.74, 6) is 0.287. The number of anilines is 4. The summed E-state index contributed by atoms with van der Waals surface area (Å²) in [5.41, 5.74) is 4.49. The van der Waals surface area contributed by atoms with E-state index >= 15 is 0 Å². The molecule has 0 fully saturated rings. The minimum Gasteiger partial charge on any atom is -0.334 e. The Morgan fingerprint density at radius 1 is 0.923 bits per heavy atom. The first-order chi connectivity index (χ1) is 12.5. The van der Waals surface area contributed by atoms with Gasteiger partial charge in [-0.2, -0.15) is 0 Å². The number of aryl methyl sites for hydroxylation is 2. The molecule has 26 heavy (non-hydrogen) atoms. The van der Waals surface area contributed by atoms with Gasteiger partial charge in [-0.25, -0.2) is 9.97 Å². The molecule has 7 nitrogen and oxygen atoms in total. The molecule has 3 rings (SSSR count). The lowest BCUT2D eigenvalue weighted by Gasteiger charge is -2.12. The molecule has 7 heteroatoms. The van der Waals surface area contributed by atoms with Crippen molar-refractivity contribution in [1.29, 1.82) is 0 Å². The van der Waals surface area contributed by atoms with Gasteiger partial charge in [0.2, 0.25) is 11.6 Å². The SMILES string of the molecule is Cc1ccc(Nc2ncnc(Nc3cccc(C)c3C)c2[N+](=O)[O-])cc1. The highest BCUT2D eigenvalue weighted by Crippen LogP contribution is 2.34. The summed E-state index contributed by atoms with van der Waals surface area (Å²) in [7, 11) is 0. The first-order valence-corrected chi connectivity index (χ1v) is 8.12. The summed E-state index contributed by atoms with van der Waals surface area (Å²) < 4.78 is 0. The second-order valence-electron chi connectivity index (χ2n) is 6.04. The van der Waals surface area contributed by atoms with Crippen LogP contribution in [0.5, 0.6) is 0 Å². The van der Waals surface area contributed by atoms with E-state index in [9.17, 15) is 10.1 Å².